The molecule has 1 saturated heterocycles. The molecule has 1 unspecified atom stereocenters. The Balaban J connectivity index is 1.73. The molecule has 1 aliphatic heterocycles. The Bertz CT molecular complexity index is 1180. The number of hydrogen-bond acceptors (Lipinski definition) is 6. The van der Waals surface area contributed by atoms with E-state index < -0.39 is 23.8 Å². The third kappa shape index (κ3) is 8.74. The van der Waals surface area contributed by atoms with E-state index in [1.807, 2.05) is 42.5 Å². The van der Waals surface area contributed by atoms with Crippen LogP contribution in [0.2, 0.25) is 0 Å². The molecular formula is C31H46N4O5. The predicted molar refractivity (Wildman–Crippen MR) is 157 cm³/mol. The fraction of sp³-hybridized carbons (Fsp3) is 0.581. The molecule has 0 aliphatic carbocycles. The monoisotopic (exact) mass is 554 g/mol. The Morgan fingerprint density at radius 1 is 1.05 bits per heavy atom. The first-order chi connectivity index (χ1) is 18.8. The van der Waals surface area contributed by atoms with Crippen LogP contribution in [0.5, 0.6) is 0 Å². The number of aliphatic hydroxyl groups excluding tert-OH is 1. The molecule has 40 heavy (non-hydrogen) atoms. The molecule has 220 valence electrons. The van der Waals surface area contributed by atoms with Gasteiger partial charge in [0.2, 0.25) is 11.8 Å². The first kappa shape index (κ1) is 31.5. The van der Waals surface area contributed by atoms with E-state index in [0.29, 0.717) is 25.9 Å². The minimum atomic E-state index is -1.05. The quantitative estimate of drug-likeness (QED) is 0.320. The van der Waals surface area contributed by atoms with Crippen LogP contribution in [0.1, 0.15) is 53.0 Å². The summed E-state index contributed by atoms with van der Waals surface area (Å²) in [5.74, 6) is -1.01. The number of aliphatic hydroxyl groups is 1. The van der Waals surface area contributed by atoms with Gasteiger partial charge in [0.25, 0.3) is 5.91 Å². The minimum absolute atomic E-state index is 0.0517. The number of likely N-dealkylation sites (tertiary alicyclic amines) is 1. The van der Waals surface area contributed by atoms with Crippen molar-refractivity contribution in [1.29, 1.82) is 0 Å². The number of fused-ring (bicyclic) bond motifs is 1. The number of carbonyl (C=O) groups is 3. The van der Waals surface area contributed by atoms with E-state index in [-0.39, 0.29) is 36.1 Å². The molecule has 0 saturated carbocycles. The Morgan fingerprint density at radius 2 is 1.75 bits per heavy atom. The van der Waals surface area contributed by atoms with Crippen molar-refractivity contribution < 1.29 is 24.2 Å². The number of amides is 3. The highest BCUT2D eigenvalue weighted by Gasteiger charge is 2.41. The van der Waals surface area contributed by atoms with Gasteiger partial charge in [-0.05, 0) is 48.4 Å². The number of ether oxygens (including phenoxy) is 1. The van der Waals surface area contributed by atoms with Gasteiger partial charge in [0, 0.05) is 39.7 Å². The molecule has 2 aromatic carbocycles. The topological polar surface area (TPSA) is 120 Å². The smallest absolute Gasteiger partial charge is 0.254 e. The normalized spacial score (nSPS) is 17.5. The molecule has 0 bridgehead atoms. The molecule has 0 spiro atoms. The van der Waals surface area contributed by atoms with Gasteiger partial charge < -0.3 is 30.7 Å². The van der Waals surface area contributed by atoms with Gasteiger partial charge in [0.05, 0.1) is 6.10 Å². The lowest BCUT2D eigenvalue weighted by Gasteiger charge is -2.32. The molecule has 4 N–H and O–H groups in total. The van der Waals surface area contributed by atoms with Crippen molar-refractivity contribution in [3.05, 3.63) is 48.0 Å². The van der Waals surface area contributed by atoms with Gasteiger partial charge in [-0.3, -0.25) is 14.4 Å². The second-order valence-electron chi connectivity index (χ2n) is 12.4. The zero-order chi connectivity index (χ0) is 29.5. The van der Waals surface area contributed by atoms with Crippen molar-refractivity contribution >= 4 is 28.5 Å². The van der Waals surface area contributed by atoms with Crippen molar-refractivity contribution in [1.82, 2.24) is 20.9 Å². The van der Waals surface area contributed by atoms with Crippen LogP contribution in [-0.4, -0.2) is 84.8 Å². The summed E-state index contributed by atoms with van der Waals surface area (Å²) in [6.45, 7) is 11.2. The maximum absolute atomic E-state index is 13.5. The Hall–Kier alpha value is -3.01. The van der Waals surface area contributed by atoms with E-state index in [1.54, 1.807) is 18.7 Å². The molecule has 2 aromatic rings. The van der Waals surface area contributed by atoms with Crippen molar-refractivity contribution in [2.75, 3.05) is 33.3 Å². The van der Waals surface area contributed by atoms with Gasteiger partial charge in [-0.1, -0.05) is 63.2 Å². The highest BCUT2D eigenvalue weighted by atomic mass is 16.5. The van der Waals surface area contributed by atoms with Crippen molar-refractivity contribution in [3.8, 4) is 0 Å². The summed E-state index contributed by atoms with van der Waals surface area (Å²) in [7, 11) is 1.47. The van der Waals surface area contributed by atoms with Gasteiger partial charge in [-0.2, -0.15) is 0 Å². The molecule has 0 aromatic heterocycles. The average Bonchev–Trinajstić information content (AvgIpc) is 3.40. The van der Waals surface area contributed by atoms with Gasteiger partial charge in [0.15, 0.2) is 0 Å². The Kier molecular flexibility index (Phi) is 10.7. The highest BCUT2D eigenvalue weighted by molar-refractivity contribution is 5.94. The summed E-state index contributed by atoms with van der Waals surface area (Å²) in [5.41, 5.74) is -0.0833. The third-order valence-corrected chi connectivity index (χ3v) is 7.28. The fourth-order valence-corrected chi connectivity index (χ4v) is 4.82. The number of hydrogen-bond donors (Lipinski definition) is 4. The van der Waals surface area contributed by atoms with Crippen LogP contribution < -0.4 is 16.0 Å². The lowest BCUT2D eigenvalue weighted by atomic mass is 9.97. The van der Waals surface area contributed by atoms with Crippen LogP contribution in [-0.2, 0) is 25.5 Å². The van der Waals surface area contributed by atoms with Crippen molar-refractivity contribution in [3.63, 3.8) is 0 Å². The highest BCUT2D eigenvalue weighted by Crippen LogP contribution is 2.24. The van der Waals surface area contributed by atoms with Gasteiger partial charge >= 0.3 is 0 Å². The van der Waals surface area contributed by atoms with Crippen LogP contribution in [0.15, 0.2) is 42.5 Å². The zero-order valence-electron chi connectivity index (χ0n) is 24.8. The van der Waals surface area contributed by atoms with E-state index in [9.17, 15) is 19.5 Å². The SMILES string of the molecule is COC(C)(C)C(=O)N1CCC[C@H]1C(=O)N[C@H](Cc1ccc2ccccc2c1)C(=O)NCC(O)CNCC(C)(C)C. The first-order valence-corrected chi connectivity index (χ1v) is 14.1. The van der Waals surface area contributed by atoms with Gasteiger partial charge in [0.1, 0.15) is 17.7 Å². The molecule has 3 rings (SSSR count). The summed E-state index contributed by atoms with van der Waals surface area (Å²) in [6.07, 6.45) is 0.701. The first-order valence-electron chi connectivity index (χ1n) is 14.1. The molecule has 9 heteroatoms. The second kappa shape index (κ2) is 13.6. The van der Waals surface area contributed by atoms with E-state index in [0.717, 1.165) is 22.9 Å². The number of rotatable bonds is 12. The molecule has 1 heterocycles. The molecule has 1 fully saturated rings. The van der Waals surface area contributed by atoms with E-state index >= 15 is 0 Å². The molecular weight excluding hydrogens is 508 g/mol. The second-order valence-corrected chi connectivity index (χ2v) is 12.4. The summed E-state index contributed by atoms with van der Waals surface area (Å²) >= 11 is 0. The molecule has 1 aliphatic rings. The van der Waals surface area contributed by atoms with Crippen molar-refractivity contribution in [2.45, 2.75) is 77.7 Å². The number of methoxy groups -OCH3 is 1. The Labute approximate surface area is 238 Å². The number of nitrogens with zero attached hydrogens (tertiary/aromatic N) is 1. The lowest BCUT2D eigenvalue weighted by molar-refractivity contribution is -0.154. The van der Waals surface area contributed by atoms with Crippen LogP contribution >= 0.6 is 0 Å². The maximum Gasteiger partial charge on any atom is 0.254 e. The van der Waals surface area contributed by atoms with Crippen LogP contribution in [0, 0.1) is 5.41 Å². The molecule has 0 radical (unpaired) electrons. The van der Waals surface area contributed by atoms with Crippen LogP contribution in [0.25, 0.3) is 10.8 Å². The molecule has 3 atom stereocenters. The zero-order valence-corrected chi connectivity index (χ0v) is 24.8. The standard InChI is InChI=1S/C31H46N4O5/c1-30(2,3)20-32-18-24(36)19-33-27(37)25(17-21-13-14-22-10-7-8-11-23(22)16-21)34-28(38)26-12-9-15-35(26)29(39)31(4,5)40-6/h7-8,10-11,13-14,16,24-26,32,36H,9,12,15,17-20H2,1-6H3,(H,33,37)(H,34,38)/t24?,25-,26+/m1/s1. The summed E-state index contributed by atoms with van der Waals surface area (Å²) < 4.78 is 5.36. The summed E-state index contributed by atoms with van der Waals surface area (Å²) in [6, 6.07) is 12.4. The fourth-order valence-electron chi connectivity index (χ4n) is 4.82. The summed E-state index contributed by atoms with van der Waals surface area (Å²) in [4.78, 5) is 41.5. The maximum atomic E-state index is 13.5. The van der Waals surface area contributed by atoms with E-state index in [1.165, 1.54) is 7.11 Å². The average molecular weight is 555 g/mol. The largest absolute Gasteiger partial charge is 0.390 e. The lowest BCUT2D eigenvalue weighted by Crippen LogP contribution is -2.57. The predicted octanol–water partition coefficient (Wildman–Crippen LogP) is 2.40. The number of nitrogens with one attached hydrogen (secondary N) is 3. The van der Waals surface area contributed by atoms with E-state index in [4.69, 9.17) is 4.74 Å². The third-order valence-electron chi connectivity index (χ3n) is 7.28. The van der Waals surface area contributed by atoms with E-state index in [2.05, 4.69) is 36.7 Å². The number of benzene rings is 2. The van der Waals surface area contributed by atoms with Crippen LogP contribution in [0.4, 0.5) is 0 Å². The number of carbonyl (C=O) groups excluding carboxylic acids is 3. The van der Waals surface area contributed by atoms with Gasteiger partial charge in [-0.15, -0.1) is 0 Å². The van der Waals surface area contributed by atoms with Crippen molar-refractivity contribution in [2.24, 2.45) is 5.41 Å². The summed E-state index contributed by atoms with van der Waals surface area (Å²) in [5, 5.41) is 21.5. The minimum Gasteiger partial charge on any atom is -0.390 e. The van der Waals surface area contributed by atoms with Gasteiger partial charge in [-0.25, -0.2) is 0 Å². The Morgan fingerprint density at radius 3 is 2.42 bits per heavy atom. The molecule has 3 amide bonds. The van der Waals surface area contributed by atoms with Crippen LogP contribution in [0.3, 0.4) is 0 Å². The molecule has 9 nitrogen and oxygen atoms in total.